The van der Waals surface area contributed by atoms with E-state index in [0.29, 0.717) is 32.7 Å². The van der Waals surface area contributed by atoms with Crippen molar-refractivity contribution in [3.63, 3.8) is 0 Å². The van der Waals surface area contributed by atoms with E-state index in [4.69, 9.17) is 4.74 Å². The Bertz CT molecular complexity index is 697. The van der Waals surface area contributed by atoms with Crippen LogP contribution >= 0.6 is 15.9 Å². The van der Waals surface area contributed by atoms with Crippen molar-refractivity contribution in [3.05, 3.63) is 16.7 Å². The molecule has 1 aromatic heterocycles. The van der Waals surface area contributed by atoms with E-state index in [0.717, 1.165) is 28.9 Å². The molecule has 0 spiro atoms. The highest BCUT2D eigenvalue weighted by molar-refractivity contribution is 9.10. The van der Waals surface area contributed by atoms with Gasteiger partial charge in [-0.15, -0.1) is 0 Å². The first-order valence-corrected chi connectivity index (χ1v) is 10.2. The minimum absolute atomic E-state index is 0.262. The molecule has 150 valence electrons. The Morgan fingerprint density at radius 3 is 2.44 bits per heavy atom. The smallest absolute Gasteiger partial charge is 0.410 e. The number of nitrogens with zero attached hydrogens (tertiary/aromatic N) is 4. The van der Waals surface area contributed by atoms with E-state index in [9.17, 15) is 9.90 Å². The minimum Gasteiger partial charge on any atom is -0.444 e. The number of carbonyl (C=O) groups excluding carboxylic acids is 1. The average molecular weight is 441 g/mol. The Balaban J connectivity index is 1.70. The van der Waals surface area contributed by atoms with Crippen molar-refractivity contribution in [2.75, 3.05) is 49.1 Å². The Labute approximate surface area is 169 Å². The van der Waals surface area contributed by atoms with Crippen molar-refractivity contribution in [3.8, 4) is 0 Å². The highest BCUT2D eigenvalue weighted by Gasteiger charge is 2.34. The van der Waals surface area contributed by atoms with E-state index in [2.05, 4.69) is 36.8 Å². The lowest BCUT2D eigenvalue weighted by atomic mass is 10.1. The number of piperazine rings is 1. The number of anilines is 2. The second-order valence-electron chi connectivity index (χ2n) is 8.62. The van der Waals surface area contributed by atoms with E-state index in [1.165, 1.54) is 0 Å². The number of pyridine rings is 1. The fourth-order valence-electron chi connectivity index (χ4n) is 3.48. The number of ether oxygens (including phenoxy) is 1. The molecule has 8 heteroatoms. The maximum atomic E-state index is 12.3. The fraction of sp³-hybridized carbons (Fsp3) is 0.684. The van der Waals surface area contributed by atoms with Crippen LogP contribution < -0.4 is 9.80 Å². The molecule has 1 N–H and O–H groups in total. The zero-order valence-corrected chi connectivity index (χ0v) is 18.1. The van der Waals surface area contributed by atoms with E-state index >= 15 is 0 Å². The number of hydrogen-bond acceptors (Lipinski definition) is 6. The number of aromatic nitrogens is 1. The molecule has 0 bridgehead atoms. The van der Waals surface area contributed by atoms with Crippen molar-refractivity contribution in [1.82, 2.24) is 9.88 Å². The number of β-amino-alcohol motifs (C(OH)–C–C–N with tert-alkyl or cyclic N) is 1. The fourth-order valence-corrected chi connectivity index (χ4v) is 3.79. The van der Waals surface area contributed by atoms with Gasteiger partial charge in [0.05, 0.1) is 11.3 Å². The molecule has 2 aliphatic rings. The second kappa shape index (κ2) is 7.47. The number of aliphatic hydroxyl groups is 1. The minimum atomic E-state index is -0.672. The highest BCUT2D eigenvalue weighted by Crippen LogP contribution is 2.35. The lowest BCUT2D eigenvalue weighted by Gasteiger charge is -2.37. The molecule has 1 aromatic rings. The van der Waals surface area contributed by atoms with Gasteiger partial charge >= 0.3 is 6.09 Å². The Morgan fingerprint density at radius 2 is 1.89 bits per heavy atom. The van der Waals surface area contributed by atoms with Crippen LogP contribution in [-0.4, -0.2) is 71.6 Å². The van der Waals surface area contributed by atoms with Gasteiger partial charge in [0.25, 0.3) is 0 Å². The predicted octanol–water partition coefficient (Wildman–Crippen LogP) is 2.86. The summed E-state index contributed by atoms with van der Waals surface area (Å²) in [6.07, 6.45) is 2.28. The molecule has 0 radical (unpaired) electrons. The first kappa shape index (κ1) is 20.2. The second-order valence-corrected chi connectivity index (χ2v) is 9.53. The van der Waals surface area contributed by atoms with Crippen molar-refractivity contribution >= 4 is 33.5 Å². The van der Waals surface area contributed by atoms with Gasteiger partial charge in [0.15, 0.2) is 5.82 Å². The van der Waals surface area contributed by atoms with Crippen LogP contribution in [0.15, 0.2) is 16.7 Å². The van der Waals surface area contributed by atoms with Crippen molar-refractivity contribution in [2.45, 2.75) is 45.3 Å². The summed E-state index contributed by atoms with van der Waals surface area (Å²) in [5.41, 5.74) is -0.135. The largest absolute Gasteiger partial charge is 0.444 e. The molecular formula is C19H29BrN4O3. The average Bonchev–Trinajstić information content (AvgIpc) is 2.93. The number of halogens is 1. The third kappa shape index (κ3) is 5.04. The molecule has 1 amide bonds. The summed E-state index contributed by atoms with van der Waals surface area (Å²) < 4.78 is 6.39. The van der Waals surface area contributed by atoms with Crippen LogP contribution in [0.1, 0.15) is 34.1 Å². The van der Waals surface area contributed by atoms with Gasteiger partial charge in [-0.2, -0.15) is 0 Å². The molecule has 0 aliphatic carbocycles. The molecule has 2 saturated heterocycles. The zero-order valence-electron chi connectivity index (χ0n) is 16.5. The molecule has 0 unspecified atom stereocenters. The maximum absolute atomic E-state index is 12.3. The number of hydrogen-bond donors (Lipinski definition) is 1. The molecular weight excluding hydrogens is 412 g/mol. The van der Waals surface area contributed by atoms with Crippen LogP contribution in [0, 0.1) is 0 Å². The van der Waals surface area contributed by atoms with Crippen molar-refractivity contribution in [2.24, 2.45) is 0 Å². The number of rotatable bonds is 2. The van der Waals surface area contributed by atoms with Crippen LogP contribution in [-0.2, 0) is 4.74 Å². The summed E-state index contributed by atoms with van der Waals surface area (Å²) in [6.45, 7) is 11.5. The van der Waals surface area contributed by atoms with E-state index < -0.39 is 11.2 Å². The van der Waals surface area contributed by atoms with Gasteiger partial charge in [0, 0.05) is 49.9 Å². The third-order valence-corrected chi connectivity index (χ3v) is 5.27. The molecule has 7 nitrogen and oxygen atoms in total. The quantitative estimate of drug-likeness (QED) is 0.762. The highest BCUT2D eigenvalue weighted by atomic mass is 79.9. The predicted molar refractivity (Wildman–Crippen MR) is 109 cm³/mol. The molecule has 0 saturated carbocycles. The monoisotopic (exact) mass is 440 g/mol. The first-order chi connectivity index (χ1) is 12.5. The summed E-state index contributed by atoms with van der Waals surface area (Å²) in [5, 5.41) is 10.3. The standard InChI is InChI=1S/C19H29BrN4O3/c1-18(2,3)27-17(25)23-9-7-22(8-10-23)16-15(11-14(20)12-21-16)24-6-5-19(4,26)13-24/h11-12,26H,5-10,13H2,1-4H3/t19-/m1/s1. The normalized spacial score (nSPS) is 23.7. The van der Waals surface area contributed by atoms with Crippen molar-refractivity contribution < 1.29 is 14.6 Å². The third-order valence-electron chi connectivity index (χ3n) is 4.84. The summed E-state index contributed by atoms with van der Waals surface area (Å²) in [6, 6.07) is 2.06. The van der Waals surface area contributed by atoms with Gasteiger partial charge in [0.2, 0.25) is 0 Å². The Morgan fingerprint density at radius 1 is 1.22 bits per heavy atom. The van der Waals surface area contributed by atoms with Gasteiger partial charge in [-0.1, -0.05) is 0 Å². The summed E-state index contributed by atoms with van der Waals surface area (Å²) in [5.74, 6) is 0.903. The summed E-state index contributed by atoms with van der Waals surface area (Å²) in [7, 11) is 0. The van der Waals surface area contributed by atoms with Gasteiger partial charge in [-0.25, -0.2) is 9.78 Å². The van der Waals surface area contributed by atoms with Crippen LogP contribution in [0.3, 0.4) is 0 Å². The van der Waals surface area contributed by atoms with Crippen LogP contribution in [0.2, 0.25) is 0 Å². The summed E-state index contributed by atoms with van der Waals surface area (Å²) in [4.78, 5) is 23.1. The molecule has 0 aromatic carbocycles. The topological polar surface area (TPSA) is 69.1 Å². The Hall–Kier alpha value is -1.54. The molecule has 2 aliphatic heterocycles. The van der Waals surface area contributed by atoms with E-state index in [1.807, 2.05) is 27.7 Å². The van der Waals surface area contributed by atoms with Gasteiger partial charge in [-0.05, 0) is 56.1 Å². The number of carbonyl (C=O) groups is 1. The van der Waals surface area contributed by atoms with Crippen LogP contribution in [0.5, 0.6) is 0 Å². The molecule has 2 fully saturated rings. The number of amides is 1. The molecule has 27 heavy (non-hydrogen) atoms. The zero-order chi connectivity index (χ0) is 19.8. The van der Waals surface area contributed by atoms with Crippen molar-refractivity contribution in [1.29, 1.82) is 0 Å². The van der Waals surface area contributed by atoms with E-state index in [1.54, 1.807) is 11.1 Å². The SMILES string of the molecule is CC(C)(C)OC(=O)N1CCN(c2ncc(Br)cc2N2CC[C@@](C)(O)C2)CC1. The van der Waals surface area contributed by atoms with Gasteiger partial charge < -0.3 is 24.5 Å². The first-order valence-electron chi connectivity index (χ1n) is 9.40. The van der Waals surface area contributed by atoms with Gasteiger partial charge in [-0.3, -0.25) is 0 Å². The molecule has 1 atom stereocenters. The molecule has 3 heterocycles. The van der Waals surface area contributed by atoms with E-state index in [-0.39, 0.29) is 6.09 Å². The van der Waals surface area contributed by atoms with Crippen LogP contribution in [0.4, 0.5) is 16.3 Å². The molecule has 3 rings (SSSR count). The lowest BCUT2D eigenvalue weighted by Crippen LogP contribution is -2.50. The van der Waals surface area contributed by atoms with Crippen LogP contribution in [0.25, 0.3) is 0 Å². The Kier molecular flexibility index (Phi) is 5.59. The maximum Gasteiger partial charge on any atom is 0.410 e. The lowest BCUT2D eigenvalue weighted by molar-refractivity contribution is 0.0240. The van der Waals surface area contributed by atoms with Gasteiger partial charge in [0.1, 0.15) is 5.60 Å². The summed E-state index contributed by atoms with van der Waals surface area (Å²) >= 11 is 3.51.